The van der Waals surface area contributed by atoms with Crippen LogP contribution in [-0.2, 0) is 13.1 Å². The molecule has 0 fully saturated rings. The largest absolute Gasteiger partial charge is 0.359 e. The Labute approximate surface area is 126 Å². The first kappa shape index (κ1) is 15.3. The lowest BCUT2D eigenvalue weighted by Gasteiger charge is -2.18. The molecule has 1 N–H and O–H groups in total. The standard InChI is InChI=1S/C14H15ClFN3O2/c1-9-6-10(21-18-9)7-17-14(20)19(2)8-11-12(15)4-3-5-13(11)16/h3-6H,7-8H2,1-2H3,(H,17,20). The molecule has 7 heteroatoms. The van der Waals surface area contributed by atoms with E-state index in [9.17, 15) is 9.18 Å². The van der Waals surface area contributed by atoms with E-state index in [1.54, 1.807) is 26.1 Å². The Bertz CT molecular complexity index is 625. The van der Waals surface area contributed by atoms with Crippen LogP contribution in [0.1, 0.15) is 17.0 Å². The number of carbonyl (C=O) groups is 1. The average Bonchev–Trinajstić information content (AvgIpc) is 2.86. The number of rotatable bonds is 4. The van der Waals surface area contributed by atoms with Crippen LogP contribution in [0.4, 0.5) is 9.18 Å². The Balaban J connectivity index is 1.93. The fourth-order valence-corrected chi connectivity index (χ4v) is 2.01. The number of nitrogens with one attached hydrogen (secondary N) is 1. The van der Waals surface area contributed by atoms with Gasteiger partial charge < -0.3 is 14.7 Å². The van der Waals surface area contributed by atoms with E-state index in [1.807, 2.05) is 0 Å². The predicted octanol–water partition coefficient (Wildman–Crippen LogP) is 3.12. The van der Waals surface area contributed by atoms with Gasteiger partial charge in [0.05, 0.1) is 18.8 Å². The summed E-state index contributed by atoms with van der Waals surface area (Å²) < 4.78 is 18.6. The Hall–Kier alpha value is -2.08. The van der Waals surface area contributed by atoms with Crippen LogP contribution < -0.4 is 5.32 Å². The van der Waals surface area contributed by atoms with Crippen LogP contribution in [0.15, 0.2) is 28.8 Å². The summed E-state index contributed by atoms with van der Waals surface area (Å²) in [5.41, 5.74) is 1.03. The molecule has 2 rings (SSSR count). The van der Waals surface area contributed by atoms with Gasteiger partial charge in [-0.15, -0.1) is 0 Å². The quantitative estimate of drug-likeness (QED) is 0.944. The van der Waals surface area contributed by atoms with Gasteiger partial charge in [0.25, 0.3) is 0 Å². The summed E-state index contributed by atoms with van der Waals surface area (Å²) in [5.74, 6) is 0.117. The first-order chi connectivity index (χ1) is 9.97. The van der Waals surface area contributed by atoms with Gasteiger partial charge in [-0.1, -0.05) is 22.8 Å². The van der Waals surface area contributed by atoms with Crippen LogP contribution in [-0.4, -0.2) is 23.1 Å². The molecule has 0 aliphatic heterocycles. The second-order valence-corrected chi connectivity index (χ2v) is 5.06. The molecule has 21 heavy (non-hydrogen) atoms. The van der Waals surface area contributed by atoms with Gasteiger partial charge >= 0.3 is 6.03 Å². The molecule has 1 aromatic heterocycles. The molecule has 0 atom stereocenters. The zero-order chi connectivity index (χ0) is 15.4. The highest BCUT2D eigenvalue weighted by Gasteiger charge is 2.14. The summed E-state index contributed by atoms with van der Waals surface area (Å²) in [6.45, 7) is 2.09. The molecule has 0 saturated heterocycles. The van der Waals surface area contributed by atoms with E-state index < -0.39 is 5.82 Å². The lowest BCUT2D eigenvalue weighted by molar-refractivity contribution is 0.204. The summed E-state index contributed by atoms with van der Waals surface area (Å²) in [5, 5.41) is 6.67. The van der Waals surface area contributed by atoms with Crippen molar-refractivity contribution in [2.75, 3.05) is 7.05 Å². The van der Waals surface area contributed by atoms with Crippen molar-refractivity contribution in [3.63, 3.8) is 0 Å². The molecule has 0 aliphatic carbocycles. The predicted molar refractivity (Wildman–Crippen MR) is 76.4 cm³/mol. The third-order valence-electron chi connectivity index (χ3n) is 2.89. The summed E-state index contributed by atoms with van der Waals surface area (Å²) in [6, 6.07) is 5.79. The molecule has 112 valence electrons. The minimum absolute atomic E-state index is 0.0762. The molecule has 1 aromatic carbocycles. The normalized spacial score (nSPS) is 10.5. The highest BCUT2D eigenvalue weighted by molar-refractivity contribution is 6.31. The topological polar surface area (TPSA) is 58.4 Å². The summed E-state index contributed by atoms with van der Waals surface area (Å²) >= 11 is 5.93. The van der Waals surface area contributed by atoms with Crippen molar-refractivity contribution in [2.24, 2.45) is 0 Å². The number of amides is 2. The number of aryl methyl sites for hydroxylation is 1. The second kappa shape index (κ2) is 6.58. The zero-order valence-corrected chi connectivity index (χ0v) is 12.4. The summed E-state index contributed by atoms with van der Waals surface area (Å²) in [6.07, 6.45) is 0. The first-order valence-corrected chi connectivity index (χ1v) is 6.69. The van der Waals surface area contributed by atoms with Crippen LogP contribution >= 0.6 is 11.6 Å². The number of halogens is 2. The number of urea groups is 1. The van der Waals surface area contributed by atoms with Crippen molar-refractivity contribution in [3.8, 4) is 0 Å². The third-order valence-corrected chi connectivity index (χ3v) is 3.25. The van der Waals surface area contributed by atoms with Crippen molar-refractivity contribution >= 4 is 17.6 Å². The first-order valence-electron chi connectivity index (χ1n) is 6.31. The van der Waals surface area contributed by atoms with Gasteiger partial charge in [-0.05, 0) is 19.1 Å². The van der Waals surface area contributed by atoms with Gasteiger partial charge in [-0.3, -0.25) is 0 Å². The Morgan fingerprint density at radius 3 is 2.90 bits per heavy atom. The van der Waals surface area contributed by atoms with Crippen LogP contribution in [0.3, 0.4) is 0 Å². The lowest BCUT2D eigenvalue weighted by atomic mass is 10.2. The van der Waals surface area contributed by atoms with Gasteiger partial charge in [-0.2, -0.15) is 0 Å². The van der Waals surface area contributed by atoms with E-state index in [0.29, 0.717) is 10.8 Å². The minimum Gasteiger partial charge on any atom is -0.359 e. The SMILES string of the molecule is Cc1cc(CNC(=O)N(C)Cc2c(F)cccc2Cl)on1. The zero-order valence-electron chi connectivity index (χ0n) is 11.7. The average molecular weight is 312 g/mol. The number of benzene rings is 1. The van der Waals surface area contributed by atoms with Gasteiger partial charge in [0.1, 0.15) is 5.82 Å². The molecule has 0 radical (unpaired) electrons. The molecule has 0 unspecified atom stereocenters. The molecule has 0 saturated carbocycles. The molecule has 5 nitrogen and oxygen atoms in total. The molecule has 1 heterocycles. The third kappa shape index (κ3) is 3.95. The van der Waals surface area contributed by atoms with Crippen LogP contribution in [0.25, 0.3) is 0 Å². The second-order valence-electron chi connectivity index (χ2n) is 4.65. The maximum absolute atomic E-state index is 13.7. The Kier molecular flexibility index (Phi) is 4.80. The molecule has 0 aliphatic rings. The van der Waals surface area contributed by atoms with Crippen molar-refractivity contribution in [3.05, 3.63) is 52.1 Å². The van der Waals surface area contributed by atoms with Crippen molar-refractivity contribution in [1.29, 1.82) is 0 Å². The Morgan fingerprint density at radius 1 is 1.52 bits per heavy atom. The Morgan fingerprint density at radius 2 is 2.29 bits per heavy atom. The summed E-state index contributed by atoms with van der Waals surface area (Å²) in [4.78, 5) is 13.3. The number of hydrogen-bond acceptors (Lipinski definition) is 3. The van der Waals surface area contributed by atoms with E-state index in [1.165, 1.54) is 17.0 Å². The molecular weight excluding hydrogens is 297 g/mol. The van der Waals surface area contributed by atoms with E-state index in [2.05, 4.69) is 10.5 Å². The molecule has 0 spiro atoms. The van der Waals surface area contributed by atoms with E-state index in [-0.39, 0.29) is 24.7 Å². The lowest BCUT2D eigenvalue weighted by Crippen LogP contribution is -2.36. The maximum atomic E-state index is 13.7. The van der Waals surface area contributed by atoms with E-state index in [4.69, 9.17) is 16.1 Å². The van der Waals surface area contributed by atoms with E-state index in [0.717, 1.165) is 5.69 Å². The van der Waals surface area contributed by atoms with Gasteiger partial charge in [0.15, 0.2) is 5.76 Å². The molecule has 0 bridgehead atoms. The number of hydrogen-bond donors (Lipinski definition) is 1. The number of nitrogens with zero attached hydrogens (tertiary/aromatic N) is 2. The fraction of sp³-hybridized carbons (Fsp3) is 0.286. The maximum Gasteiger partial charge on any atom is 0.317 e. The summed E-state index contributed by atoms with van der Waals surface area (Å²) in [7, 11) is 1.56. The molecular formula is C14H15ClFN3O2. The van der Waals surface area contributed by atoms with Crippen LogP contribution in [0.2, 0.25) is 5.02 Å². The smallest absolute Gasteiger partial charge is 0.317 e. The van der Waals surface area contributed by atoms with Crippen molar-refractivity contribution < 1.29 is 13.7 Å². The minimum atomic E-state index is -0.437. The highest BCUT2D eigenvalue weighted by Crippen LogP contribution is 2.20. The highest BCUT2D eigenvalue weighted by atomic mass is 35.5. The molecule has 2 aromatic rings. The van der Waals surface area contributed by atoms with Crippen LogP contribution in [0, 0.1) is 12.7 Å². The van der Waals surface area contributed by atoms with Crippen molar-refractivity contribution in [1.82, 2.24) is 15.4 Å². The van der Waals surface area contributed by atoms with Gasteiger partial charge in [0, 0.05) is 23.7 Å². The number of carbonyl (C=O) groups excluding carboxylic acids is 1. The van der Waals surface area contributed by atoms with Crippen LogP contribution in [0.5, 0.6) is 0 Å². The number of aromatic nitrogens is 1. The van der Waals surface area contributed by atoms with Crippen molar-refractivity contribution in [2.45, 2.75) is 20.0 Å². The van der Waals surface area contributed by atoms with E-state index >= 15 is 0 Å². The fourth-order valence-electron chi connectivity index (χ4n) is 1.79. The monoisotopic (exact) mass is 311 g/mol. The molecule has 2 amide bonds. The van der Waals surface area contributed by atoms with Gasteiger partial charge in [-0.25, -0.2) is 9.18 Å². The van der Waals surface area contributed by atoms with Gasteiger partial charge in [0.2, 0.25) is 0 Å².